The summed E-state index contributed by atoms with van der Waals surface area (Å²) >= 11 is 8.01. The van der Waals surface area contributed by atoms with E-state index in [-0.39, 0.29) is 11.3 Å². The SMILES string of the molecule is Cc1onc(-c2ccccc2Cl)c1C(=O)NCC1(c2ccsc2)CCCC1. The first-order valence-electron chi connectivity index (χ1n) is 9.13. The van der Waals surface area contributed by atoms with Gasteiger partial charge in [0.25, 0.3) is 5.91 Å². The molecule has 1 aliphatic carbocycles. The number of benzene rings is 1. The molecule has 1 aliphatic rings. The van der Waals surface area contributed by atoms with Crippen LogP contribution in [0.25, 0.3) is 11.3 Å². The number of aromatic nitrogens is 1. The van der Waals surface area contributed by atoms with Gasteiger partial charge < -0.3 is 9.84 Å². The fraction of sp³-hybridized carbons (Fsp3) is 0.333. The lowest BCUT2D eigenvalue weighted by atomic mass is 9.80. The summed E-state index contributed by atoms with van der Waals surface area (Å²) in [6.07, 6.45) is 4.60. The van der Waals surface area contributed by atoms with Gasteiger partial charge in [0.05, 0.1) is 5.02 Å². The van der Waals surface area contributed by atoms with Gasteiger partial charge in [-0.2, -0.15) is 11.3 Å². The van der Waals surface area contributed by atoms with Crippen LogP contribution in [0.15, 0.2) is 45.6 Å². The number of rotatable bonds is 5. The number of hydrogen-bond acceptors (Lipinski definition) is 4. The third-order valence-electron chi connectivity index (χ3n) is 5.50. The maximum atomic E-state index is 13.0. The number of aryl methyl sites for hydroxylation is 1. The minimum absolute atomic E-state index is 0.0330. The van der Waals surface area contributed by atoms with E-state index in [0.29, 0.717) is 34.1 Å². The topological polar surface area (TPSA) is 55.1 Å². The molecule has 27 heavy (non-hydrogen) atoms. The van der Waals surface area contributed by atoms with Crippen LogP contribution < -0.4 is 5.32 Å². The zero-order chi connectivity index (χ0) is 18.9. The number of hydrogen-bond donors (Lipinski definition) is 1. The maximum Gasteiger partial charge on any atom is 0.257 e. The van der Waals surface area contributed by atoms with E-state index < -0.39 is 0 Å². The van der Waals surface area contributed by atoms with Gasteiger partial charge in [0, 0.05) is 17.5 Å². The first-order chi connectivity index (χ1) is 13.1. The molecule has 3 aromatic rings. The number of amides is 1. The van der Waals surface area contributed by atoms with Crippen LogP contribution in [0.3, 0.4) is 0 Å². The number of nitrogens with zero attached hydrogens (tertiary/aromatic N) is 1. The van der Waals surface area contributed by atoms with Gasteiger partial charge in [-0.1, -0.05) is 47.8 Å². The predicted octanol–water partition coefficient (Wildman–Crippen LogP) is 5.61. The lowest BCUT2D eigenvalue weighted by molar-refractivity contribution is 0.0942. The molecule has 1 aromatic carbocycles. The van der Waals surface area contributed by atoms with Crippen molar-refractivity contribution < 1.29 is 9.32 Å². The van der Waals surface area contributed by atoms with E-state index in [1.165, 1.54) is 18.4 Å². The molecule has 1 fully saturated rings. The molecule has 2 heterocycles. The van der Waals surface area contributed by atoms with Crippen LogP contribution in [0.2, 0.25) is 5.02 Å². The fourth-order valence-electron chi connectivity index (χ4n) is 4.00. The summed E-state index contributed by atoms with van der Waals surface area (Å²) in [5.41, 5.74) is 3.02. The molecule has 0 saturated heterocycles. The third-order valence-corrected chi connectivity index (χ3v) is 6.51. The number of thiophene rings is 1. The molecule has 2 aromatic heterocycles. The van der Waals surface area contributed by atoms with Gasteiger partial charge >= 0.3 is 0 Å². The van der Waals surface area contributed by atoms with Crippen LogP contribution >= 0.6 is 22.9 Å². The van der Waals surface area contributed by atoms with Crippen molar-refractivity contribution >= 4 is 28.8 Å². The Hall–Kier alpha value is -2.11. The molecule has 0 atom stereocenters. The first kappa shape index (κ1) is 18.3. The van der Waals surface area contributed by atoms with Crippen molar-refractivity contribution in [2.24, 2.45) is 0 Å². The summed E-state index contributed by atoms with van der Waals surface area (Å²) < 4.78 is 5.33. The van der Waals surface area contributed by atoms with Gasteiger partial charge in [0.15, 0.2) is 0 Å². The van der Waals surface area contributed by atoms with E-state index in [1.54, 1.807) is 24.3 Å². The second-order valence-corrected chi connectivity index (χ2v) is 8.31. The van der Waals surface area contributed by atoms with E-state index in [9.17, 15) is 4.79 Å². The lowest BCUT2D eigenvalue weighted by Gasteiger charge is -2.28. The highest BCUT2D eigenvalue weighted by Gasteiger charge is 2.36. The summed E-state index contributed by atoms with van der Waals surface area (Å²) in [5, 5.41) is 12.1. The molecule has 1 amide bonds. The van der Waals surface area contributed by atoms with Gasteiger partial charge in [-0.25, -0.2) is 0 Å². The largest absolute Gasteiger partial charge is 0.360 e. The Balaban J connectivity index is 1.59. The van der Waals surface area contributed by atoms with Crippen molar-refractivity contribution in [3.8, 4) is 11.3 Å². The quantitative estimate of drug-likeness (QED) is 0.605. The molecule has 0 unspecified atom stereocenters. The monoisotopic (exact) mass is 400 g/mol. The van der Waals surface area contributed by atoms with Gasteiger partial charge in [0.1, 0.15) is 17.0 Å². The first-order valence-corrected chi connectivity index (χ1v) is 10.4. The van der Waals surface area contributed by atoms with Crippen molar-refractivity contribution in [2.75, 3.05) is 6.54 Å². The molecule has 4 rings (SSSR count). The van der Waals surface area contributed by atoms with E-state index in [4.69, 9.17) is 16.1 Å². The molecule has 0 spiro atoms. The van der Waals surface area contributed by atoms with Crippen molar-refractivity contribution in [3.63, 3.8) is 0 Å². The second-order valence-electron chi connectivity index (χ2n) is 7.12. The Kier molecular flexibility index (Phi) is 5.06. The summed E-state index contributed by atoms with van der Waals surface area (Å²) in [6, 6.07) is 9.54. The van der Waals surface area contributed by atoms with E-state index in [1.807, 2.05) is 18.2 Å². The van der Waals surface area contributed by atoms with E-state index in [0.717, 1.165) is 12.8 Å². The molecule has 0 bridgehead atoms. The van der Waals surface area contributed by atoms with Crippen LogP contribution in [0.1, 0.15) is 47.4 Å². The van der Waals surface area contributed by atoms with Gasteiger partial charge in [0.2, 0.25) is 0 Å². The highest BCUT2D eigenvalue weighted by atomic mass is 35.5. The number of halogens is 1. The maximum absolute atomic E-state index is 13.0. The number of nitrogens with one attached hydrogen (secondary N) is 1. The normalized spacial score (nSPS) is 15.8. The van der Waals surface area contributed by atoms with Crippen molar-refractivity contribution in [1.29, 1.82) is 0 Å². The van der Waals surface area contributed by atoms with Gasteiger partial charge in [-0.15, -0.1) is 0 Å². The Labute approximate surface area is 167 Å². The Bertz CT molecular complexity index is 943. The fourth-order valence-corrected chi connectivity index (χ4v) is 5.00. The molecule has 6 heteroatoms. The van der Waals surface area contributed by atoms with Crippen molar-refractivity contribution in [1.82, 2.24) is 10.5 Å². The smallest absolute Gasteiger partial charge is 0.257 e. The van der Waals surface area contributed by atoms with E-state index in [2.05, 4.69) is 27.3 Å². The third kappa shape index (κ3) is 3.42. The Morgan fingerprint density at radius 2 is 2.07 bits per heavy atom. The molecule has 1 N–H and O–H groups in total. The summed E-state index contributed by atoms with van der Waals surface area (Å²) in [4.78, 5) is 13.0. The van der Waals surface area contributed by atoms with Crippen LogP contribution in [0, 0.1) is 6.92 Å². The van der Waals surface area contributed by atoms with Gasteiger partial charge in [-0.3, -0.25) is 4.79 Å². The highest BCUT2D eigenvalue weighted by Crippen LogP contribution is 2.41. The molecular weight excluding hydrogens is 380 g/mol. The zero-order valence-electron chi connectivity index (χ0n) is 15.1. The summed E-state index contributed by atoms with van der Waals surface area (Å²) in [5.74, 6) is 0.337. The Morgan fingerprint density at radius 3 is 2.78 bits per heavy atom. The minimum Gasteiger partial charge on any atom is -0.360 e. The summed E-state index contributed by atoms with van der Waals surface area (Å²) in [7, 11) is 0. The average molecular weight is 401 g/mol. The highest BCUT2D eigenvalue weighted by molar-refractivity contribution is 7.08. The predicted molar refractivity (Wildman–Crippen MR) is 108 cm³/mol. The van der Waals surface area contributed by atoms with Crippen molar-refractivity contribution in [2.45, 2.75) is 38.0 Å². The summed E-state index contributed by atoms with van der Waals surface area (Å²) in [6.45, 7) is 2.38. The Morgan fingerprint density at radius 1 is 1.30 bits per heavy atom. The average Bonchev–Trinajstić information content (AvgIpc) is 3.41. The van der Waals surface area contributed by atoms with Crippen LogP contribution in [0.5, 0.6) is 0 Å². The minimum atomic E-state index is -0.162. The molecule has 4 nitrogen and oxygen atoms in total. The van der Waals surface area contributed by atoms with Crippen LogP contribution in [-0.2, 0) is 5.41 Å². The van der Waals surface area contributed by atoms with E-state index >= 15 is 0 Å². The zero-order valence-corrected chi connectivity index (χ0v) is 16.7. The van der Waals surface area contributed by atoms with Gasteiger partial charge in [-0.05, 0) is 48.2 Å². The molecule has 1 saturated carbocycles. The second kappa shape index (κ2) is 7.49. The van der Waals surface area contributed by atoms with Crippen LogP contribution in [0.4, 0.5) is 0 Å². The molecule has 0 aliphatic heterocycles. The van der Waals surface area contributed by atoms with Crippen LogP contribution in [-0.4, -0.2) is 17.6 Å². The lowest BCUT2D eigenvalue weighted by Crippen LogP contribution is -2.39. The molecule has 0 radical (unpaired) electrons. The van der Waals surface area contributed by atoms with Crippen molar-refractivity contribution in [3.05, 3.63) is 63.0 Å². The number of carbonyl (C=O) groups is 1. The molecular formula is C21H21ClN2O2S. The standard InChI is InChI=1S/C21H21ClN2O2S/c1-14-18(19(24-26-14)16-6-2-3-7-17(16)22)20(25)23-13-21(9-4-5-10-21)15-8-11-27-12-15/h2-3,6-8,11-12H,4-5,9-10,13H2,1H3,(H,23,25). The molecule has 140 valence electrons. The number of carbonyl (C=O) groups excluding carboxylic acids is 1.